The van der Waals surface area contributed by atoms with E-state index in [1.165, 1.54) is 12.0 Å². The molecule has 0 aromatic carbocycles. The number of carbonyl (C=O) groups is 1. The Bertz CT molecular complexity index is 635. The highest BCUT2D eigenvalue weighted by atomic mass is 16.3. The summed E-state index contributed by atoms with van der Waals surface area (Å²) in [6, 6.07) is 0. The lowest BCUT2D eigenvalue weighted by Crippen LogP contribution is -2.55. The van der Waals surface area contributed by atoms with Crippen LogP contribution in [0.3, 0.4) is 0 Å². The van der Waals surface area contributed by atoms with Crippen LogP contribution < -0.4 is 0 Å². The van der Waals surface area contributed by atoms with Crippen LogP contribution in [0.1, 0.15) is 52.9 Å². The molecule has 0 aliphatic heterocycles. The molecule has 2 unspecified atom stereocenters. The van der Waals surface area contributed by atoms with Gasteiger partial charge in [0.15, 0.2) is 5.78 Å². The minimum atomic E-state index is -0.329. The Kier molecular flexibility index (Phi) is 4.05. The second-order valence-electron chi connectivity index (χ2n) is 9.63. The molecule has 0 radical (unpaired) electrons. The molecule has 8 atom stereocenters. The Morgan fingerprint density at radius 3 is 2.80 bits per heavy atom. The van der Waals surface area contributed by atoms with Crippen molar-refractivity contribution in [2.24, 2.45) is 40.4 Å². The summed E-state index contributed by atoms with van der Waals surface area (Å²) in [6.45, 7) is 7.18. The second-order valence-corrected chi connectivity index (χ2v) is 9.63. The molecule has 0 aromatic heterocycles. The molecular formula is C22H32O3. The van der Waals surface area contributed by atoms with Gasteiger partial charge in [0, 0.05) is 17.9 Å². The Morgan fingerprint density at radius 1 is 1.32 bits per heavy atom. The van der Waals surface area contributed by atoms with Crippen molar-refractivity contribution in [1.29, 1.82) is 0 Å². The van der Waals surface area contributed by atoms with Crippen LogP contribution in [0, 0.1) is 40.4 Å². The third-order valence-corrected chi connectivity index (χ3v) is 8.53. The Morgan fingerprint density at radius 2 is 2.08 bits per heavy atom. The molecule has 0 bridgehead atoms. The first-order valence-corrected chi connectivity index (χ1v) is 10.0. The third kappa shape index (κ3) is 2.35. The summed E-state index contributed by atoms with van der Waals surface area (Å²) in [5, 5.41) is 20.8. The molecule has 4 aliphatic rings. The monoisotopic (exact) mass is 344 g/mol. The van der Waals surface area contributed by atoms with Crippen LogP contribution in [0.15, 0.2) is 23.8 Å². The topological polar surface area (TPSA) is 57.5 Å². The lowest BCUT2D eigenvalue weighted by molar-refractivity contribution is -0.119. The van der Waals surface area contributed by atoms with E-state index < -0.39 is 0 Å². The summed E-state index contributed by atoms with van der Waals surface area (Å²) in [7, 11) is 0. The summed E-state index contributed by atoms with van der Waals surface area (Å²) < 4.78 is 0. The number of fused-ring (bicyclic) bond motifs is 5. The second kappa shape index (κ2) is 5.79. The fourth-order valence-corrected chi connectivity index (χ4v) is 7.54. The molecule has 3 nitrogen and oxygen atoms in total. The molecule has 0 aromatic rings. The fourth-order valence-electron chi connectivity index (χ4n) is 7.54. The van der Waals surface area contributed by atoms with Gasteiger partial charge < -0.3 is 10.2 Å². The van der Waals surface area contributed by atoms with E-state index in [1.54, 1.807) is 6.08 Å². The van der Waals surface area contributed by atoms with Crippen LogP contribution in [0.5, 0.6) is 0 Å². The van der Waals surface area contributed by atoms with Crippen LogP contribution >= 0.6 is 0 Å². The van der Waals surface area contributed by atoms with E-state index in [9.17, 15) is 15.0 Å². The minimum Gasteiger partial charge on any atom is -0.396 e. The first-order chi connectivity index (χ1) is 11.8. The number of hydrogen-bond acceptors (Lipinski definition) is 3. The summed E-state index contributed by atoms with van der Waals surface area (Å²) >= 11 is 0. The highest BCUT2D eigenvalue weighted by Crippen LogP contribution is 2.67. The highest BCUT2D eigenvalue weighted by Gasteiger charge is 2.62. The number of allylic oxidation sites excluding steroid dienone is 4. The van der Waals surface area contributed by atoms with Crippen LogP contribution in [-0.2, 0) is 4.79 Å². The maximum Gasteiger partial charge on any atom is 0.178 e. The lowest BCUT2D eigenvalue weighted by Gasteiger charge is -2.59. The molecule has 0 spiro atoms. The molecule has 3 heteroatoms. The molecule has 3 fully saturated rings. The average molecular weight is 344 g/mol. The summed E-state index contributed by atoms with van der Waals surface area (Å²) in [4.78, 5) is 11.8. The maximum absolute atomic E-state index is 11.8. The predicted molar refractivity (Wildman–Crippen MR) is 97.7 cm³/mol. The van der Waals surface area contributed by atoms with Gasteiger partial charge in [-0.05, 0) is 73.3 Å². The number of carbonyl (C=O) groups excluding carboxylic acids is 1. The zero-order valence-electron chi connectivity index (χ0n) is 15.7. The number of rotatable bonds is 2. The molecule has 0 amide bonds. The van der Waals surface area contributed by atoms with Crippen molar-refractivity contribution in [3.05, 3.63) is 23.8 Å². The van der Waals surface area contributed by atoms with Crippen molar-refractivity contribution in [2.45, 2.75) is 59.0 Å². The van der Waals surface area contributed by atoms with E-state index in [4.69, 9.17) is 0 Å². The zero-order valence-corrected chi connectivity index (χ0v) is 15.7. The lowest BCUT2D eigenvalue weighted by atomic mass is 9.47. The number of ketones is 1. The van der Waals surface area contributed by atoms with Crippen molar-refractivity contribution >= 4 is 5.78 Å². The van der Waals surface area contributed by atoms with E-state index in [0.29, 0.717) is 23.7 Å². The standard InChI is InChI=1S/C22H32O3/c1-13-10-18-16-5-4-14-11-15(24)6-8-21(14,2)20(16)19(25)12-22(18,3)17(13)7-9-23/h6,8,11,13,16-20,23,25H,4-5,7,9-10,12H2,1-3H3/t13-,16?,17+,18+,19+,20?,21+,22-/m1/s1. The van der Waals surface area contributed by atoms with Gasteiger partial charge in [0.2, 0.25) is 0 Å². The molecule has 2 N–H and O–H groups in total. The molecule has 25 heavy (non-hydrogen) atoms. The molecule has 3 saturated carbocycles. The maximum atomic E-state index is 11.8. The van der Waals surface area contributed by atoms with Gasteiger partial charge >= 0.3 is 0 Å². The van der Waals surface area contributed by atoms with Crippen LogP contribution in [-0.4, -0.2) is 28.7 Å². The zero-order chi connectivity index (χ0) is 18.0. The van der Waals surface area contributed by atoms with Gasteiger partial charge in [-0.2, -0.15) is 0 Å². The van der Waals surface area contributed by atoms with E-state index in [2.05, 4.69) is 26.8 Å². The molecule has 4 rings (SSSR count). The Balaban J connectivity index is 1.72. The Labute approximate surface area is 151 Å². The first-order valence-electron chi connectivity index (χ1n) is 10.0. The average Bonchev–Trinajstić information content (AvgIpc) is 2.79. The molecule has 138 valence electrons. The third-order valence-electron chi connectivity index (χ3n) is 8.53. The van der Waals surface area contributed by atoms with Gasteiger partial charge in [0.1, 0.15) is 0 Å². The van der Waals surface area contributed by atoms with Gasteiger partial charge in [-0.25, -0.2) is 0 Å². The number of aliphatic hydroxyl groups excluding tert-OH is 2. The van der Waals surface area contributed by atoms with Crippen molar-refractivity contribution in [2.75, 3.05) is 6.61 Å². The van der Waals surface area contributed by atoms with E-state index in [-0.39, 0.29) is 35.2 Å². The van der Waals surface area contributed by atoms with Crippen LogP contribution in [0.2, 0.25) is 0 Å². The largest absolute Gasteiger partial charge is 0.396 e. The number of hydrogen-bond donors (Lipinski definition) is 2. The quantitative estimate of drug-likeness (QED) is 0.806. The van der Waals surface area contributed by atoms with Gasteiger partial charge in [0.05, 0.1) is 6.10 Å². The van der Waals surface area contributed by atoms with Crippen molar-refractivity contribution < 1.29 is 15.0 Å². The van der Waals surface area contributed by atoms with Crippen LogP contribution in [0.25, 0.3) is 0 Å². The van der Waals surface area contributed by atoms with Crippen molar-refractivity contribution in [3.8, 4) is 0 Å². The van der Waals surface area contributed by atoms with Crippen molar-refractivity contribution in [3.63, 3.8) is 0 Å². The first kappa shape index (κ1) is 17.5. The molecule has 0 heterocycles. The summed E-state index contributed by atoms with van der Waals surface area (Å²) in [5.41, 5.74) is 1.19. The van der Waals surface area contributed by atoms with E-state index >= 15 is 0 Å². The smallest absolute Gasteiger partial charge is 0.178 e. The highest BCUT2D eigenvalue weighted by molar-refractivity contribution is 6.01. The van der Waals surface area contributed by atoms with Gasteiger partial charge in [0.25, 0.3) is 0 Å². The van der Waals surface area contributed by atoms with Gasteiger partial charge in [-0.15, -0.1) is 0 Å². The summed E-state index contributed by atoms with van der Waals surface area (Å²) in [6.07, 6.45) is 10.2. The summed E-state index contributed by atoms with van der Waals surface area (Å²) in [5.74, 6) is 2.57. The molecule has 0 saturated heterocycles. The molecular weight excluding hydrogens is 312 g/mol. The van der Waals surface area contributed by atoms with E-state index in [1.807, 2.05) is 6.08 Å². The van der Waals surface area contributed by atoms with E-state index in [0.717, 1.165) is 25.7 Å². The predicted octanol–water partition coefficient (Wildman–Crippen LogP) is 3.51. The van der Waals surface area contributed by atoms with Crippen molar-refractivity contribution in [1.82, 2.24) is 0 Å². The molecule has 4 aliphatic carbocycles. The normalized spacial score (nSPS) is 51.6. The fraction of sp³-hybridized carbons (Fsp3) is 0.773. The minimum absolute atomic E-state index is 0.0959. The van der Waals surface area contributed by atoms with Crippen LogP contribution in [0.4, 0.5) is 0 Å². The number of aliphatic hydroxyl groups is 2. The van der Waals surface area contributed by atoms with Gasteiger partial charge in [-0.1, -0.05) is 32.4 Å². The SMILES string of the molecule is C[C@@H]1C[C@H]2C3CCC4=CC(=O)C=C[C@]4(C)C3[C@@H](O)C[C@]2(C)[C@H]1CCO. The van der Waals surface area contributed by atoms with Gasteiger partial charge in [-0.3, -0.25) is 4.79 Å². The Hall–Kier alpha value is -0.930.